The van der Waals surface area contributed by atoms with Gasteiger partial charge in [0.2, 0.25) is 0 Å². The second-order valence-corrected chi connectivity index (χ2v) is 5.46. The van der Waals surface area contributed by atoms with E-state index < -0.39 is 6.43 Å². The Hall–Kier alpha value is -3.09. The zero-order chi connectivity index (χ0) is 16.7. The maximum Gasteiger partial charge on any atom is 0.264 e. The summed E-state index contributed by atoms with van der Waals surface area (Å²) < 4.78 is 29.0. The van der Waals surface area contributed by atoms with Gasteiger partial charge in [-0.3, -0.25) is 9.78 Å². The quantitative estimate of drug-likeness (QED) is 0.620. The molecule has 0 amide bonds. The van der Waals surface area contributed by atoms with Gasteiger partial charge in [-0.15, -0.1) is 0 Å². The third-order valence-corrected chi connectivity index (χ3v) is 3.85. The normalized spacial score (nSPS) is 11.5. The lowest BCUT2D eigenvalue weighted by Crippen LogP contribution is -1.93. The number of aromatic amines is 1. The van der Waals surface area contributed by atoms with E-state index in [-0.39, 0.29) is 11.2 Å². The van der Waals surface area contributed by atoms with Crippen molar-refractivity contribution in [2.75, 3.05) is 0 Å². The summed E-state index contributed by atoms with van der Waals surface area (Å²) in [6.45, 7) is 0. The van der Waals surface area contributed by atoms with E-state index in [9.17, 15) is 8.78 Å². The van der Waals surface area contributed by atoms with E-state index in [2.05, 4.69) is 20.3 Å². The minimum atomic E-state index is -2.63. The molecular formula is C17H13F2N5. The van der Waals surface area contributed by atoms with Crippen LogP contribution in [0.4, 0.5) is 8.78 Å². The molecule has 4 rings (SSSR count). The molecule has 1 aromatic carbocycles. The van der Waals surface area contributed by atoms with Gasteiger partial charge in [0.15, 0.2) is 5.65 Å². The van der Waals surface area contributed by atoms with Crippen LogP contribution in [0.3, 0.4) is 0 Å². The van der Waals surface area contributed by atoms with Crippen molar-refractivity contribution in [1.29, 1.82) is 0 Å². The van der Waals surface area contributed by atoms with Crippen LogP contribution in [-0.2, 0) is 7.05 Å². The van der Waals surface area contributed by atoms with Gasteiger partial charge < -0.3 is 0 Å². The van der Waals surface area contributed by atoms with Crippen LogP contribution in [0, 0.1) is 0 Å². The summed E-state index contributed by atoms with van der Waals surface area (Å²) in [5.41, 5.74) is 2.61. The molecule has 0 aliphatic heterocycles. The second-order valence-electron chi connectivity index (χ2n) is 5.46. The lowest BCUT2D eigenvalue weighted by molar-refractivity contribution is 0.153. The first-order chi connectivity index (χ1) is 11.6. The highest BCUT2D eigenvalue weighted by molar-refractivity contribution is 5.95. The topological polar surface area (TPSA) is 59.4 Å². The molecule has 0 unspecified atom stereocenters. The standard InChI is InChI=1S/C17H13F2N5/c1-24-9-11(8-20-24)13-7-12(16(18)19)14-15(22-23-17(14)21-13)10-5-3-2-4-6-10/h2-9,16H,1H3,(H,21,22,23). The highest BCUT2D eigenvalue weighted by Crippen LogP contribution is 2.35. The fourth-order valence-corrected chi connectivity index (χ4v) is 2.74. The molecule has 0 saturated carbocycles. The molecule has 0 bridgehead atoms. The molecule has 1 N–H and O–H groups in total. The number of pyridine rings is 1. The van der Waals surface area contributed by atoms with Crippen LogP contribution in [0.5, 0.6) is 0 Å². The number of alkyl halides is 2. The van der Waals surface area contributed by atoms with Crippen molar-refractivity contribution in [2.45, 2.75) is 6.43 Å². The van der Waals surface area contributed by atoms with Crippen LogP contribution in [0.15, 0.2) is 48.8 Å². The van der Waals surface area contributed by atoms with Gasteiger partial charge in [-0.2, -0.15) is 10.2 Å². The number of hydrogen-bond acceptors (Lipinski definition) is 3. The molecule has 3 heterocycles. The number of benzene rings is 1. The summed E-state index contributed by atoms with van der Waals surface area (Å²) >= 11 is 0. The maximum absolute atomic E-state index is 13.7. The SMILES string of the molecule is Cn1cc(-c2cc(C(F)F)c3c(-c4ccccc4)[nH]nc3n2)cn1. The number of nitrogens with one attached hydrogen (secondary N) is 1. The first-order valence-corrected chi connectivity index (χ1v) is 7.35. The number of halogens is 2. The number of H-pyrrole nitrogens is 1. The van der Waals surface area contributed by atoms with Crippen molar-refractivity contribution in [3.63, 3.8) is 0 Å². The van der Waals surface area contributed by atoms with E-state index in [0.29, 0.717) is 22.3 Å². The molecule has 0 aliphatic carbocycles. The van der Waals surface area contributed by atoms with E-state index in [1.807, 2.05) is 30.3 Å². The summed E-state index contributed by atoms with van der Waals surface area (Å²) in [4.78, 5) is 4.42. The van der Waals surface area contributed by atoms with E-state index in [1.165, 1.54) is 6.07 Å². The van der Waals surface area contributed by atoms with Gasteiger partial charge in [0, 0.05) is 29.9 Å². The van der Waals surface area contributed by atoms with Gasteiger partial charge in [0.1, 0.15) is 0 Å². The van der Waals surface area contributed by atoms with Crippen molar-refractivity contribution >= 4 is 11.0 Å². The highest BCUT2D eigenvalue weighted by atomic mass is 19.3. The van der Waals surface area contributed by atoms with E-state index in [0.717, 1.165) is 5.56 Å². The summed E-state index contributed by atoms with van der Waals surface area (Å²) in [5, 5.41) is 11.4. The van der Waals surface area contributed by atoms with Crippen LogP contribution in [0.2, 0.25) is 0 Å². The number of fused-ring (bicyclic) bond motifs is 1. The van der Waals surface area contributed by atoms with Gasteiger partial charge in [0.05, 0.1) is 23.0 Å². The summed E-state index contributed by atoms with van der Waals surface area (Å²) in [6.07, 6.45) is 0.688. The average molecular weight is 325 g/mol. The molecule has 0 fully saturated rings. The van der Waals surface area contributed by atoms with Crippen LogP contribution in [-0.4, -0.2) is 25.0 Å². The Kier molecular flexibility index (Phi) is 3.34. The summed E-state index contributed by atoms with van der Waals surface area (Å²) in [6, 6.07) is 10.7. The third kappa shape index (κ3) is 2.34. The number of aromatic nitrogens is 5. The molecule has 5 nitrogen and oxygen atoms in total. The van der Waals surface area contributed by atoms with Crippen molar-refractivity contribution in [3.05, 3.63) is 54.4 Å². The van der Waals surface area contributed by atoms with Gasteiger partial charge >= 0.3 is 0 Å². The smallest absolute Gasteiger partial charge is 0.264 e. The molecule has 0 atom stereocenters. The van der Waals surface area contributed by atoms with E-state index in [1.54, 1.807) is 24.1 Å². The van der Waals surface area contributed by atoms with Crippen molar-refractivity contribution in [1.82, 2.24) is 25.0 Å². The molecule has 120 valence electrons. The minimum absolute atomic E-state index is 0.0912. The number of rotatable bonds is 3. The predicted octanol–water partition coefficient (Wildman–Crippen LogP) is 3.96. The monoisotopic (exact) mass is 325 g/mol. The molecule has 24 heavy (non-hydrogen) atoms. The van der Waals surface area contributed by atoms with Crippen molar-refractivity contribution < 1.29 is 8.78 Å². The Bertz CT molecular complexity index is 1000. The molecule has 0 aliphatic rings. The Morgan fingerprint density at radius 3 is 2.58 bits per heavy atom. The summed E-state index contributed by atoms with van der Waals surface area (Å²) in [5.74, 6) is 0. The maximum atomic E-state index is 13.7. The highest BCUT2D eigenvalue weighted by Gasteiger charge is 2.21. The van der Waals surface area contributed by atoms with Gasteiger partial charge in [-0.05, 0) is 6.07 Å². The van der Waals surface area contributed by atoms with Gasteiger partial charge in [0.25, 0.3) is 6.43 Å². The van der Waals surface area contributed by atoms with E-state index >= 15 is 0 Å². The average Bonchev–Trinajstić information content (AvgIpc) is 3.20. The Morgan fingerprint density at radius 1 is 1.12 bits per heavy atom. The van der Waals surface area contributed by atoms with Crippen LogP contribution in [0.25, 0.3) is 33.5 Å². The Balaban J connectivity index is 1.97. The van der Waals surface area contributed by atoms with Gasteiger partial charge in [-0.1, -0.05) is 30.3 Å². The molecule has 0 spiro atoms. The second kappa shape index (κ2) is 5.52. The molecule has 0 radical (unpaired) electrons. The lowest BCUT2D eigenvalue weighted by atomic mass is 10.0. The fraction of sp³-hybridized carbons (Fsp3) is 0.118. The number of nitrogens with zero attached hydrogens (tertiary/aromatic N) is 4. The first kappa shape index (κ1) is 14.5. The summed E-state index contributed by atoms with van der Waals surface area (Å²) in [7, 11) is 1.76. The molecule has 4 aromatic rings. The number of aryl methyl sites for hydroxylation is 1. The third-order valence-electron chi connectivity index (χ3n) is 3.85. The van der Waals surface area contributed by atoms with Crippen molar-refractivity contribution in [3.8, 4) is 22.5 Å². The zero-order valence-electron chi connectivity index (χ0n) is 12.7. The van der Waals surface area contributed by atoms with Gasteiger partial charge in [-0.25, -0.2) is 13.8 Å². The van der Waals surface area contributed by atoms with Crippen LogP contribution in [0.1, 0.15) is 12.0 Å². The first-order valence-electron chi connectivity index (χ1n) is 7.35. The molecule has 0 saturated heterocycles. The van der Waals surface area contributed by atoms with Crippen LogP contribution < -0.4 is 0 Å². The largest absolute Gasteiger partial charge is 0.275 e. The minimum Gasteiger partial charge on any atom is -0.275 e. The fourth-order valence-electron chi connectivity index (χ4n) is 2.74. The lowest BCUT2D eigenvalue weighted by Gasteiger charge is -2.06. The molecule has 7 heteroatoms. The van der Waals surface area contributed by atoms with Crippen LogP contribution >= 0.6 is 0 Å². The Labute approximate surface area is 136 Å². The van der Waals surface area contributed by atoms with E-state index in [4.69, 9.17) is 0 Å². The number of hydrogen-bond donors (Lipinski definition) is 1. The molecular weight excluding hydrogens is 312 g/mol. The van der Waals surface area contributed by atoms with Crippen molar-refractivity contribution in [2.24, 2.45) is 7.05 Å². The zero-order valence-corrected chi connectivity index (χ0v) is 12.7. The molecule has 3 aromatic heterocycles. The predicted molar refractivity (Wildman–Crippen MR) is 86.5 cm³/mol. The Morgan fingerprint density at radius 2 is 1.92 bits per heavy atom.